The molecule has 1 saturated heterocycles. The molecule has 3 amide bonds. The van der Waals surface area contributed by atoms with E-state index < -0.39 is 52.9 Å². The summed E-state index contributed by atoms with van der Waals surface area (Å²) in [6.07, 6.45) is -3.62. The van der Waals surface area contributed by atoms with Crippen LogP contribution in [0.25, 0.3) is 17.2 Å². The summed E-state index contributed by atoms with van der Waals surface area (Å²) in [5, 5.41) is 20.0. The van der Waals surface area contributed by atoms with Gasteiger partial charge in [-0.1, -0.05) is 35.9 Å². The molecule has 2 aromatic carbocycles. The number of carbonyl (C=O) groups is 3. The molecule has 7 rings (SSSR count). The van der Waals surface area contributed by atoms with E-state index in [0.717, 1.165) is 22.2 Å². The Morgan fingerprint density at radius 3 is 2.36 bits per heavy atom. The molecule has 2 aliphatic rings. The van der Waals surface area contributed by atoms with Crippen LogP contribution < -0.4 is 16.2 Å². The van der Waals surface area contributed by atoms with Crippen LogP contribution in [0.1, 0.15) is 79.5 Å². The quantitative estimate of drug-likeness (QED) is 0.191. The van der Waals surface area contributed by atoms with E-state index in [1.54, 1.807) is 31.2 Å². The highest BCUT2D eigenvalue weighted by Crippen LogP contribution is 2.48. The van der Waals surface area contributed by atoms with Gasteiger partial charge in [-0.05, 0) is 69.5 Å². The van der Waals surface area contributed by atoms with E-state index in [0.29, 0.717) is 17.3 Å². The summed E-state index contributed by atoms with van der Waals surface area (Å²) in [6, 6.07) is 12.5. The van der Waals surface area contributed by atoms with Crippen LogP contribution in [0.3, 0.4) is 0 Å². The monoisotopic (exact) mass is 792 g/mol. The van der Waals surface area contributed by atoms with Crippen molar-refractivity contribution in [1.82, 2.24) is 34.4 Å². The summed E-state index contributed by atoms with van der Waals surface area (Å²) in [5.74, 6) is -1.46. The fourth-order valence-electron chi connectivity index (χ4n) is 7.48. The van der Waals surface area contributed by atoms with Crippen LogP contribution in [0.15, 0.2) is 65.6 Å². The van der Waals surface area contributed by atoms with Crippen LogP contribution in [0.4, 0.5) is 18.9 Å². The third-order valence-corrected chi connectivity index (χ3v) is 10.4. The van der Waals surface area contributed by atoms with Crippen LogP contribution >= 0.6 is 11.6 Å². The second-order valence-corrected chi connectivity index (χ2v) is 14.7. The largest absolute Gasteiger partial charge is 0.505 e. The van der Waals surface area contributed by atoms with Gasteiger partial charge < -0.3 is 29.9 Å². The van der Waals surface area contributed by atoms with Gasteiger partial charge in [0.25, 0.3) is 11.5 Å². The number of aromatic nitrogens is 5. The fourth-order valence-corrected chi connectivity index (χ4v) is 7.71. The van der Waals surface area contributed by atoms with Gasteiger partial charge in [0.05, 0.1) is 39.2 Å². The van der Waals surface area contributed by atoms with Crippen molar-refractivity contribution in [3.8, 4) is 17.1 Å². The number of nitrogens with one attached hydrogen (secondary N) is 2. The zero-order valence-corrected chi connectivity index (χ0v) is 31.3. The summed E-state index contributed by atoms with van der Waals surface area (Å²) in [4.78, 5) is 63.6. The number of alkyl halides is 3. The molecule has 1 fully saturated rings. The van der Waals surface area contributed by atoms with Crippen molar-refractivity contribution in [2.75, 3.05) is 18.4 Å². The Kier molecular flexibility index (Phi) is 9.65. The zero-order chi connectivity index (χ0) is 40.3. The van der Waals surface area contributed by atoms with Crippen molar-refractivity contribution in [2.45, 2.75) is 70.5 Å². The number of aromatic hydroxyl groups is 1. The van der Waals surface area contributed by atoms with Gasteiger partial charge in [-0.25, -0.2) is 4.98 Å². The lowest BCUT2D eigenvalue weighted by atomic mass is 9.85. The second kappa shape index (κ2) is 14.0. The van der Waals surface area contributed by atoms with Gasteiger partial charge >= 0.3 is 6.18 Å². The number of benzene rings is 2. The van der Waals surface area contributed by atoms with E-state index >= 15 is 0 Å². The Morgan fingerprint density at radius 1 is 1.05 bits per heavy atom. The molecule has 0 aliphatic carbocycles. The first kappa shape index (κ1) is 38.5. The maximum absolute atomic E-state index is 14.5. The highest BCUT2D eigenvalue weighted by Gasteiger charge is 2.50. The highest BCUT2D eigenvalue weighted by molar-refractivity contribution is 6.33. The lowest BCUT2D eigenvalue weighted by Crippen LogP contribution is -2.47. The number of anilines is 1. The number of fused-ring (bicyclic) bond motifs is 3. The second-order valence-electron chi connectivity index (χ2n) is 14.3. The number of likely N-dealkylation sites (tertiary alicyclic amines) is 1. The SMILES string of the molecule is CC(=O)NC(C)(C)c1ccc(-c2nc3n(CC(=O)Nc4ccc(C(F)(F)F)cc4Cl)c4c(c(=O)n3n2)C2(CCN(C(=O)c3ncccc3O)CC2)O[C@@H]4C)cc1. The average Bonchev–Trinajstić information content (AvgIpc) is 3.70. The molecule has 1 spiro atoms. The van der Waals surface area contributed by atoms with E-state index in [-0.39, 0.29) is 71.2 Å². The molecule has 56 heavy (non-hydrogen) atoms. The highest BCUT2D eigenvalue weighted by atomic mass is 35.5. The number of nitrogens with zero attached hydrogens (tertiary/aromatic N) is 6. The van der Waals surface area contributed by atoms with Crippen molar-refractivity contribution in [3.05, 3.63) is 104 Å². The summed E-state index contributed by atoms with van der Waals surface area (Å²) in [6.45, 7) is 6.69. The maximum atomic E-state index is 14.5. The molecule has 3 aromatic heterocycles. The number of amides is 3. The molecule has 5 heterocycles. The zero-order valence-electron chi connectivity index (χ0n) is 30.6. The Labute approximate surface area is 322 Å². The number of ether oxygens (including phenoxy) is 1. The summed E-state index contributed by atoms with van der Waals surface area (Å²) >= 11 is 6.15. The minimum atomic E-state index is -4.64. The Morgan fingerprint density at radius 2 is 1.73 bits per heavy atom. The molecule has 0 saturated carbocycles. The summed E-state index contributed by atoms with van der Waals surface area (Å²) in [5.41, 5.74) is -1.64. The van der Waals surface area contributed by atoms with Crippen molar-refractivity contribution in [3.63, 3.8) is 0 Å². The van der Waals surface area contributed by atoms with Crippen molar-refractivity contribution in [1.29, 1.82) is 0 Å². The number of carbonyl (C=O) groups excluding carboxylic acids is 3. The average molecular weight is 793 g/mol. The van der Waals surface area contributed by atoms with E-state index in [1.807, 2.05) is 13.8 Å². The van der Waals surface area contributed by atoms with Crippen molar-refractivity contribution in [2.24, 2.45) is 0 Å². The van der Waals surface area contributed by atoms with Gasteiger partial charge in [0.15, 0.2) is 11.5 Å². The van der Waals surface area contributed by atoms with Crippen LogP contribution in [-0.2, 0) is 38.2 Å². The lowest BCUT2D eigenvalue weighted by molar-refractivity contribution is -0.137. The molecule has 2 aliphatic heterocycles. The normalized spacial score (nSPS) is 16.6. The van der Waals surface area contributed by atoms with E-state index in [2.05, 4.69) is 20.7 Å². The van der Waals surface area contributed by atoms with Gasteiger partial charge in [0.1, 0.15) is 17.9 Å². The van der Waals surface area contributed by atoms with E-state index in [4.69, 9.17) is 21.3 Å². The molecule has 14 nitrogen and oxygen atoms in total. The standard InChI is InChI=1S/C38H36ClF3N8O6/c1-20-31-29(37(56-20)13-16-48(17-14-37)34(55)30-27(52)6-5-15-43-30)33(54)50-35(45-32(47-50)22-7-9-23(10-8-22)36(3,4)46-21(2)51)49(31)19-28(53)44-26-12-11-24(18-25(26)39)38(40,41)42/h5-12,15,18,20,52H,13-14,16-17,19H2,1-4H3,(H,44,53)(H,46,51)/t20-/m1/s1. The van der Waals surface area contributed by atoms with Crippen LogP contribution in [-0.4, -0.2) is 65.0 Å². The summed E-state index contributed by atoms with van der Waals surface area (Å²) in [7, 11) is 0. The molecular weight excluding hydrogens is 757 g/mol. The van der Waals surface area contributed by atoms with Gasteiger partial charge in [-0.3, -0.25) is 19.2 Å². The molecule has 0 bridgehead atoms. The Bertz CT molecular complexity index is 2460. The third-order valence-electron chi connectivity index (χ3n) is 10.1. The maximum Gasteiger partial charge on any atom is 0.416 e. The minimum Gasteiger partial charge on any atom is -0.505 e. The number of rotatable bonds is 7. The van der Waals surface area contributed by atoms with Gasteiger partial charge in [-0.15, -0.1) is 5.10 Å². The molecule has 0 unspecified atom stereocenters. The Balaban J connectivity index is 1.28. The molecule has 0 radical (unpaired) electrons. The molecule has 1 atom stereocenters. The number of halogens is 4. The first-order valence-electron chi connectivity index (χ1n) is 17.6. The van der Waals surface area contributed by atoms with Crippen LogP contribution in [0.2, 0.25) is 5.02 Å². The van der Waals surface area contributed by atoms with Crippen molar-refractivity contribution < 1.29 is 37.4 Å². The van der Waals surface area contributed by atoms with Crippen LogP contribution in [0, 0.1) is 0 Å². The predicted molar refractivity (Wildman–Crippen MR) is 197 cm³/mol. The Hall–Kier alpha value is -5.81. The molecule has 292 valence electrons. The van der Waals surface area contributed by atoms with Gasteiger partial charge in [0.2, 0.25) is 17.6 Å². The topological polar surface area (TPSA) is 173 Å². The first-order chi connectivity index (χ1) is 26.4. The number of pyridine rings is 1. The molecular formula is C38H36ClF3N8O6. The van der Waals surface area contributed by atoms with Gasteiger partial charge in [-0.2, -0.15) is 22.7 Å². The number of hydrogen-bond donors (Lipinski definition) is 3. The van der Waals surface area contributed by atoms with Crippen LogP contribution in [0.5, 0.6) is 5.75 Å². The summed E-state index contributed by atoms with van der Waals surface area (Å²) < 4.78 is 49.0. The number of piperidine rings is 1. The molecule has 18 heteroatoms. The van der Waals surface area contributed by atoms with E-state index in [1.165, 1.54) is 34.7 Å². The molecule has 3 N–H and O–H groups in total. The van der Waals surface area contributed by atoms with Gasteiger partial charge in [0, 0.05) is 31.8 Å². The fraction of sp³-hybridized carbons (Fsp3) is 0.342. The predicted octanol–water partition coefficient (Wildman–Crippen LogP) is 5.56. The van der Waals surface area contributed by atoms with E-state index in [9.17, 15) is 37.5 Å². The lowest BCUT2D eigenvalue weighted by Gasteiger charge is -2.39. The first-order valence-corrected chi connectivity index (χ1v) is 18.0. The number of hydrogen-bond acceptors (Lipinski definition) is 9. The molecule has 5 aromatic rings. The smallest absolute Gasteiger partial charge is 0.416 e. The van der Waals surface area contributed by atoms with Crippen molar-refractivity contribution >= 4 is 40.8 Å². The third kappa shape index (κ3) is 6.96. The minimum absolute atomic E-state index is 0.00538.